The summed E-state index contributed by atoms with van der Waals surface area (Å²) in [6.07, 6.45) is 1.21. The van der Waals surface area contributed by atoms with E-state index in [0.29, 0.717) is 38.3 Å². The molecule has 0 aliphatic carbocycles. The molecule has 2 saturated heterocycles. The van der Waals surface area contributed by atoms with Crippen LogP contribution in [0.25, 0.3) is 0 Å². The van der Waals surface area contributed by atoms with Crippen molar-refractivity contribution in [1.29, 1.82) is 0 Å². The van der Waals surface area contributed by atoms with Crippen molar-refractivity contribution in [1.82, 2.24) is 9.80 Å². The van der Waals surface area contributed by atoms with Gasteiger partial charge in [-0.3, -0.25) is 9.69 Å². The van der Waals surface area contributed by atoms with Crippen molar-refractivity contribution >= 4 is 11.9 Å². The molecule has 0 radical (unpaired) electrons. The predicted molar refractivity (Wildman–Crippen MR) is 81.7 cm³/mol. The molecule has 6 heteroatoms. The number of fused-ring (bicyclic) bond motifs is 1. The van der Waals surface area contributed by atoms with E-state index in [9.17, 15) is 9.59 Å². The van der Waals surface area contributed by atoms with E-state index < -0.39 is 0 Å². The number of amides is 1. The Morgan fingerprint density at radius 2 is 1.91 bits per heavy atom. The van der Waals surface area contributed by atoms with Gasteiger partial charge in [0.1, 0.15) is 6.10 Å². The molecule has 0 saturated carbocycles. The molecule has 4 rings (SSSR count). The summed E-state index contributed by atoms with van der Waals surface area (Å²) in [5, 5.41) is 0. The van der Waals surface area contributed by atoms with Crippen LogP contribution in [-0.4, -0.2) is 60.6 Å². The summed E-state index contributed by atoms with van der Waals surface area (Å²) < 4.78 is 11.0. The zero-order chi connectivity index (χ0) is 15.8. The van der Waals surface area contributed by atoms with Crippen molar-refractivity contribution in [2.45, 2.75) is 25.2 Å². The van der Waals surface area contributed by atoms with E-state index in [4.69, 9.17) is 9.47 Å². The summed E-state index contributed by atoms with van der Waals surface area (Å²) in [4.78, 5) is 28.3. The van der Waals surface area contributed by atoms with Gasteiger partial charge in [-0.1, -0.05) is 18.2 Å². The maximum atomic E-state index is 12.4. The highest BCUT2D eigenvalue weighted by molar-refractivity contribution is 5.93. The summed E-state index contributed by atoms with van der Waals surface area (Å²) in [5.41, 5.74) is 1.58. The summed E-state index contributed by atoms with van der Waals surface area (Å²) in [6, 6.07) is 7.51. The number of cyclic esters (lactones) is 1. The van der Waals surface area contributed by atoms with Gasteiger partial charge in [-0.15, -0.1) is 0 Å². The molecule has 2 atom stereocenters. The molecule has 3 aliphatic heterocycles. The number of hydrogen-bond donors (Lipinski definition) is 0. The first kappa shape index (κ1) is 14.7. The van der Waals surface area contributed by atoms with Gasteiger partial charge in [0.15, 0.2) is 6.23 Å². The molecular formula is C17H20N2O4. The minimum Gasteiger partial charge on any atom is -0.438 e. The van der Waals surface area contributed by atoms with Crippen molar-refractivity contribution < 1.29 is 19.1 Å². The summed E-state index contributed by atoms with van der Waals surface area (Å²) in [5.74, 6) is -0.158. The van der Waals surface area contributed by atoms with Crippen LogP contribution < -0.4 is 0 Å². The molecule has 3 heterocycles. The first-order valence-electron chi connectivity index (χ1n) is 8.18. The number of nitrogens with zero attached hydrogens (tertiary/aromatic N) is 2. The Kier molecular flexibility index (Phi) is 3.79. The molecule has 6 nitrogen and oxygen atoms in total. The molecule has 0 bridgehead atoms. The fraction of sp³-hybridized carbons (Fsp3) is 0.529. The highest BCUT2D eigenvalue weighted by atomic mass is 16.6. The molecule has 1 aromatic rings. The normalized spacial score (nSPS) is 27.8. The van der Waals surface area contributed by atoms with Crippen LogP contribution in [0, 0.1) is 0 Å². The van der Waals surface area contributed by atoms with E-state index in [2.05, 4.69) is 4.90 Å². The highest BCUT2D eigenvalue weighted by Crippen LogP contribution is 2.33. The molecule has 0 N–H and O–H groups in total. The lowest BCUT2D eigenvalue weighted by Crippen LogP contribution is -2.52. The van der Waals surface area contributed by atoms with E-state index in [1.54, 1.807) is 6.07 Å². The monoisotopic (exact) mass is 316 g/mol. The van der Waals surface area contributed by atoms with Gasteiger partial charge in [0.25, 0.3) is 5.91 Å². The van der Waals surface area contributed by atoms with Gasteiger partial charge in [-0.2, -0.15) is 0 Å². The smallest absolute Gasteiger partial charge is 0.340 e. The third-order valence-corrected chi connectivity index (χ3v) is 4.83. The molecule has 0 aromatic heterocycles. The van der Waals surface area contributed by atoms with E-state index in [1.807, 2.05) is 23.1 Å². The number of rotatable bonds is 2. The second kappa shape index (κ2) is 5.94. The zero-order valence-electron chi connectivity index (χ0n) is 12.9. The summed E-state index contributed by atoms with van der Waals surface area (Å²) in [6.45, 7) is 3.38. The quantitative estimate of drug-likeness (QED) is 0.767. The molecule has 1 amide bonds. The van der Waals surface area contributed by atoms with E-state index in [1.165, 1.54) is 0 Å². The van der Waals surface area contributed by atoms with Crippen LogP contribution in [0.1, 0.15) is 35.0 Å². The van der Waals surface area contributed by atoms with Gasteiger partial charge in [0, 0.05) is 38.3 Å². The largest absolute Gasteiger partial charge is 0.438 e. The van der Waals surface area contributed by atoms with Gasteiger partial charge < -0.3 is 14.4 Å². The molecular weight excluding hydrogens is 296 g/mol. The highest BCUT2D eigenvalue weighted by Gasteiger charge is 2.37. The lowest BCUT2D eigenvalue weighted by Gasteiger charge is -2.37. The van der Waals surface area contributed by atoms with E-state index in [0.717, 1.165) is 18.4 Å². The fourth-order valence-electron chi connectivity index (χ4n) is 3.55. The molecule has 0 unspecified atom stereocenters. The summed E-state index contributed by atoms with van der Waals surface area (Å²) >= 11 is 0. The van der Waals surface area contributed by atoms with Crippen molar-refractivity contribution in [3.8, 4) is 0 Å². The predicted octanol–water partition coefficient (Wildman–Crippen LogP) is 1.18. The topological polar surface area (TPSA) is 59.1 Å². The van der Waals surface area contributed by atoms with Crippen molar-refractivity contribution in [3.05, 3.63) is 35.4 Å². The first-order chi connectivity index (χ1) is 11.2. The minimum absolute atomic E-state index is 0.103. The van der Waals surface area contributed by atoms with Gasteiger partial charge in [0.05, 0.1) is 5.56 Å². The standard InChI is InChI=1S/C17H20N2O4/c20-15(14-6-3-11-22-14)18-7-9-19(10-8-18)16-12-4-1-2-5-13(12)17(21)23-16/h1-2,4-5,14,16H,3,6-11H2/t14-,16+/m0/s1. The van der Waals surface area contributed by atoms with Crippen LogP contribution in [0.15, 0.2) is 24.3 Å². The Bertz CT molecular complexity index is 619. The zero-order valence-corrected chi connectivity index (χ0v) is 12.9. The van der Waals surface area contributed by atoms with E-state index in [-0.39, 0.29) is 24.2 Å². The van der Waals surface area contributed by atoms with Crippen LogP contribution >= 0.6 is 0 Å². The number of benzene rings is 1. The molecule has 1 aromatic carbocycles. The molecule has 23 heavy (non-hydrogen) atoms. The van der Waals surface area contributed by atoms with Gasteiger partial charge in [0.2, 0.25) is 0 Å². The third-order valence-electron chi connectivity index (χ3n) is 4.83. The van der Waals surface area contributed by atoms with Crippen LogP contribution in [0.5, 0.6) is 0 Å². The van der Waals surface area contributed by atoms with Crippen LogP contribution in [0.3, 0.4) is 0 Å². The number of ether oxygens (including phenoxy) is 2. The second-order valence-electron chi connectivity index (χ2n) is 6.21. The van der Waals surface area contributed by atoms with E-state index >= 15 is 0 Å². The first-order valence-corrected chi connectivity index (χ1v) is 8.18. The van der Waals surface area contributed by atoms with Crippen LogP contribution in [0.2, 0.25) is 0 Å². The fourth-order valence-corrected chi connectivity index (χ4v) is 3.55. The van der Waals surface area contributed by atoms with Gasteiger partial charge in [-0.25, -0.2) is 4.79 Å². The number of piperazine rings is 1. The Morgan fingerprint density at radius 1 is 1.13 bits per heavy atom. The lowest BCUT2D eigenvalue weighted by atomic mass is 10.1. The Balaban J connectivity index is 1.40. The van der Waals surface area contributed by atoms with Crippen molar-refractivity contribution in [2.24, 2.45) is 0 Å². The average molecular weight is 316 g/mol. The Morgan fingerprint density at radius 3 is 2.65 bits per heavy atom. The minimum atomic E-state index is -0.321. The molecule has 2 fully saturated rings. The number of hydrogen-bond acceptors (Lipinski definition) is 5. The maximum Gasteiger partial charge on any atom is 0.340 e. The second-order valence-corrected chi connectivity index (χ2v) is 6.21. The Labute approximate surface area is 134 Å². The maximum absolute atomic E-state index is 12.4. The lowest BCUT2D eigenvalue weighted by molar-refractivity contribution is -0.144. The van der Waals surface area contributed by atoms with Crippen molar-refractivity contribution in [2.75, 3.05) is 32.8 Å². The number of carbonyl (C=O) groups is 2. The average Bonchev–Trinajstić information content (AvgIpc) is 3.23. The third kappa shape index (κ3) is 2.62. The van der Waals surface area contributed by atoms with Gasteiger partial charge >= 0.3 is 5.97 Å². The molecule has 122 valence electrons. The number of esters is 1. The van der Waals surface area contributed by atoms with Gasteiger partial charge in [-0.05, 0) is 18.9 Å². The molecule has 3 aliphatic rings. The molecule has 0 spiro atoms. The van der Waals surface area contributed by atoms with Crippen LogP contribution in [0.4, 0.5) is 0 Å². The SMILES string of the molecule is O=C1O[C@@H](N2CCN(C(=O)[C@@H]3CCCO3)CC2)c2ccccc21. The van der Waals surface area contributed by atoms with Crippen molar-refractivity contribution in [3.63, 3.8) is 0 Å². The van der Waals surface area contributed by atoms with Crippen LogP contribution in [-0.2, 0) is 14.3 Å². The number of carbonyl (C=O) groups excluding carboxylic acids is 2. The Hall–Kier alpha value is -1.92. The summed E-state index contributed by atoms with van der Waals surface area (Å²) in [7, 11) is 0.